The number of hydrogen-bond acceptors (Lipinski definition) is 2. The van der Waals surface area contributed by atoms with Crippen LogP contribution in [0.25, 0.3) is 0 Å². The fourth-order valence-electron chi connectivity index (χ4n) is 2.12. The molecule has 0 saturated heterocycles. The molecule has 0 radical (unpaired) electrons. The SMILES string of the molecule is CC(C)CC(N)CNC(=O)C(C)(C)c1ccccc1. The first-order valence-corrected chi connectivity index (χ1v) is 6.93. The average Bonchev–Trinajstić information content (AvgIpc) is 2.36. The van der Waals surface area contributed by atoms with Crippen LogP contribution in [0.2, 0.25) is 0 Å². The van der Waals surface area contributed by atoms with Crippen LogP contribution in [0.4, 0.5) is 0 Å². The Morgan fingerprint density at radius 2 is 1.84 bits per heavy atom. The average molecular weight is 262 g/mol. The first-order valence-electron chi connectivity index (χ1n) is 6.93. The summed E-state index contributed by atoms with van der Waals surface area (Å²) in [4.78, 5) is 12.3. The molecule has 0 aliphatic heterocycles. The van der Waals surface area contributed by atoms with Gasteiger partial charge in [0.1, 0.15) is 0 Å². The molecular formula is C16H26N2O. The Labute approximate surface area is 116 Å². The molecule has 0 aromatic heterocycles. The van der Waals surface area contributed by atoms with Gasteiger partial charge in [0, 0.05) is 12.6 Å². The predicted molar refractivity (Wildman–Crippen MR) is 79.9 cm³/mol. The zero-order chi connectivity index (χ0) is 14.5. The van der Waals surface area contributed by atoms with E-state index in [4.69, 9.17) is 5.73 Å². The van der Waals surface area contributed by atoms with E-state index in [1.54, 1.807) is 0 Å². The van der Waals surface area contributed by atoms with Crippen LogP contribution in [0.3, 0.4) is 0 Å². The number of nitrogens with two attached hydrogens (primary N) is 1. The van der Waals surface area contributed by atoms with Crippen LogP contribution < -0.4 is 11.1 Å². The molecule has 0 fully saturated rings. The van der Waals surface area contributed by atoms with Crippen LogP contribution in [0.1, 0.15) is 39.7 Å². The van der Waals surface area contributed by atoms with Gasteiger partial charge in [-0.3, -0.25) is 4.79 Å². The van der Waals surface area contributed by atoms with Crippen LogP contribution in [-0.4, -0.2) is 18.5 Å². The molecule has 1 rings (SSSR count). The second kappa shape index (κ2) is 6.71. The van der Waals surface area contributed by atoms with Crippen LogP contribution in [0, 0.1) is 5.92 Å². The van der Waals surface area contributed by atoms with E-state index in [0.717, 1.165) is 12.0 Å². The first-order chi connectivity index (χ1) is 8.84. The number of carbonyl (C=O) groups is 1. The van der Waals surface area contributed by atoms with Crippen molar-refractivity contribution in [3.63, 3.8) is 0 Å². The van der Waals surface area contributed by atoms with Crippen LogP contribution in [0.15, 0.2) is 30.3 Å². The van der Waals surface area contributed by atoms with Gasteiger partial charge in [-0.2, -0.15) is 0 Å². The van der Waals surface area contributed by atoms with Crippen LogP contribution in [-0.2, 0) is 10.2 Å². The van der Waals surface area contributed by atoms with Crippen molar-refractivity contribution in [3.05, 3.63) is 35.9 Å². The van der Waals surface area contributed by atoms with Gasteiger partial charge in [0.25, 0.3) is 0 Å². The summed E-state index contributed by atoms with van der Waals surface area (Å²) in [7, 11) is 0. The lowest BCUT2D eigenvalue weighted by molar-refractivity contribution is -0.125. The molecule has 3 heteroatoms. The molecule has 0 saturated carbocycles. The summed E-state index contributed by atoms with van der Waals surface area (Å²) in [5, 5.41) is 2.96. The Balaban J connectivity index is 2.58. The summed E-state index contributed by atoms with van der Waals surface area (Å²) in [6.07, 6.45) is 0.923. The van der Waals surface area contributed by atoms with Crippen molar-refractivity contribution >= 4 is 5.91 Å². The molecule has 1 aromatic carbocycles. The third kappa shape index (κ3) is 4.67. The Bertz CT molecular complexity index is 398. The fraction of sp³-hybridized carbons (Fsp3) is 0.562. The zero-order valence-corrected chi connectivity index (χ0v) is 12.4. The quantitative estimate of drug-likeness (QED) is 0.827. The molecule has 1 aromatic rings. The van der Waals surface area contributed by atoms with E-state index in [1.165, 1.54) is 0 Å². The largest absolute Gasteiger partial charge is 0.354 e. The fourth-order valence-corrected chi connectivity index (χ4v) is 2.12. The molecule has 1 atom stereocenters. The van der Waals surface area contributed by atoms with E-state index in [2.05, 4.69) is 19.2 Å². The van der Waals surface area contributed by atoms with E-state index >= 15 is 0 Å². The van der Waals surface area contributed by atoms with Crippen LogP contribution in [0.5, 0.6) is 0 Å². The van der Waals surface area contributed by atoms with Crippen molar-refractivity contribution in [3.8, 4) is 0 Å². The number of rotatable bonds is 6. The van der Waals surface area contributed by atoms with Crippen molar-refractivity contribution < 1.29 is 4.79 Å². The molecule has 0 bridgehead atoms. The maximum Gasteiger partial charge on any atom is 0.230 e. The number of benzene rings is 1. The van der Waals surface area contributed by atoms with Crippen molar-refractivity contribution in [1.82, 2.24) is 5.32 Å². The monoisotopic (exact) mass is 262 g/mol. The van der Waals surface area contributed by atoms with E-state index in [0.29, 0.717) is 12.5 Å². The van der Waals surface area contributed by atoms with Gasteiger partial charge in [0.05, 0.1) is 5.41 Å². The summed E-state index contributed by atoms with van der Waals surface area (Å²) in [6, 6.07) is 9.84. The normalized spacial score (nSPS) is 13.4. The van der Waals surface area contributed by atoms with Gasteiger partial charge >= 0.3 is 0 Å². The smallest absolute Gasteiger partial charge is 0.230 e. The highest BCUT2D eigenvalue weighted by Gasteiger charge is 2.29. The Morgan fingerprint density at radius 3 is 2.37 bits per heavy atom. The topological polar surface area (TPSA) is 55.1 Å². The highest BCUT2D eigenvalue weighted by atomic mass is 16.2. The van der Waals surface area contributed by atoms with Crippen molar-refractivity contribution in [2.45, 2.75) is 45.6 Å². The molecule has 3 N–H and O–H groups in total. The van der Waals surface area contributed by atoms with Crippen molar-refractivity contribution in [1.29, 1.82) is 0 Å². The molecular weight excluding hydrogens is 236 g/mol. The van der Waals surface area contributed by atoms with Gasteiger partial charge in [-0.15, -0.1) is 0 Å². The van der Waals surface area contributed by atoms with Gasteiger partial charge in [-0.25, -0.2) is 0 Å². The standard InChI is InChI=1S/C16H26N2O/c1-12(2)10-14(17)11-18-15(19)16(3,4)13-8-6-5-7-9-13/h5-9,12,14H,10-11,17H2,1-4H3,(H,18,19). The van der Waals surface area contributed by atoms with Crippen molar-refractivity contribution in [2.24, 2.45) is 11.7 Å². The van der Waals surface area contributed by atoms with Gasteiger partial charge in [-0.05, 0) is 31.7 Å². The lowest BCUT2D eigenvalue weighted by Crippen LogP contribution is -2.45. The van der Waals surface area contributed by atoms with Gasteiger partial charge in [0.15, 0.2) is 0 Å². The second-order valence-corrected chi connectivity index (χ2v) is 6.09. The maximum atomic E-state index is 12.3. The molecule has 3 nitrogen and oxygen atoms in total. The Kier molecular flexibility index (Phi) is 5.55. The number of carbonyl (C=O) groups excluding carboxylic acids is 1. The summed E-state index contributed by atoms with van der Waals surface area (Å²) >= 11 is 0. The minimum Gasteiger partial charge on any atom is -0.354 e. The minimum absolute atomic E-state index is 0.0236. The summed E-state index contributed by atoms with van der Waals surface area (Å²) < 4.78 is 0. The third-order valence-corrected chi connectivity index (χ3v) is 3.36. The van der Waals surface area contributed by atoms with E-state index in [9.17, 15) is 4.79 Å². The molecule has 0 heterocycles. The highest BCUT2D eigenvalue weighted by molar-refractivity contribution is 5.87. The van der Waals surface area contributed by atoms with E-state index in [1.807, 2.05) is 44.2 Å². The Hall–Kier alpha value is -1.35. The Morgan fingerprint density at radius 1 is 1.26 bits per heavy atom. The lowest BCUT2D eigenvalue weighted by Gasteiger charge is -2.25. The first kappa shape index (κ1) is 15.7. The second-order valence-electron chi connectivity index (χ2n) is 6.09. The highest BCUT2D eigenvalue weighted by Crippen LogP contribution is 2.22. The van der Waals surface area contributed by atoms with Gasteiger partial charge in [-0.1, -0.05) is 44.2 Å². The summed E-state index contributed by atoms with van der Waals surface area (Å²) in [6.45, 7) is 8.68. The third-order valence-electron chi connectivity index (χ3n) is 3.36. The predicted octanol–water partition coefficient (Wildman–Crippen LogP) is 2.45. The molecule has 0 aliphatic rings. The molecule has 1 unspecified atom stereocenters. The molecule has 0 aliphatic carbocycles. The molecule has 1 amide bonds. The van der Waals surface area contributed by atoms with Crippen LogP contribution >= 0.6 is 0 Å². The lowest BCUT2D eigenvalue weighted by atomic mass is 9.83. The molecule has 106 valence electrons. The molecule has 19 heavy (non-hydrogen) atoms. The number of nitrogens with one attached hydrogen (secondary N) is 1. The maximum absolute atomic E-state index is 12.3. The molecule has 0 spiro atoms. The van der Waals surface area contributed by atoms with Gasteiger partial charge < -0.3 is 11.1 Å². The summed E-state index contributed by atoms with van der Waals surface area (Å²) in [5.41, 5.74) is 6.48. The van der Waals surface area contributed by atoms with E-state index in [-0.39, 0.29) is 11.9 Å². The number of amides is 1. The van der Waals surface area contributed by atoms with E-state index < -0.39 is 5.41 Å². The minimum atomic E-state index is -0.529. The number of hydrogen-bond donors (Lipinski definition) is 2. The zero-order valence-electron chi connectivity index (χ0n) is 12.4. The van der Waals surface area contributed by atoms with Gasteiger partial charge in [0.2, 0.25) is 5.91 Å². The summed E-state index contributed by atoms with van der Waals surface area (Å²) in [5.74, 6) is 0.576. The van der Waals surface area contributed by atoms with Crippen molar-refractivity contribution in [2.75, 3.05) is 6.54 Å².